The Labute approximate surface area is 200 Å². The van der Waals surface area contributed by atoms with Crippen molar-refractivity contribution in [3.8, 4) is 11.1 Å². The number of likely N-dealkylation sites (N-methyl/N-ethyl adjacent to an activating group) is 1. The zero-order valence-electron chi connectivity index (χ0n) is 19.7. The van der Waals surface area contributed by atoms with E-state index < -0.39 is 0 Å². The van der Waals surface area contributed by atoms with Crippen molar-refractivity contribution >= 4 is 23.3 Å². The fourth-order valence-corrected chi connectivity index (χ4v) is 4.60. The molecule has 1 atom stereocenters. The molecule has 3 aromatic rings. The molecule has 0 amide bonds. The van der Waals surface area contributed by atoms with Crippen molar-refractivity contribution in [2.45, 2.75) is 32.4 Å². The number of aromatic amines is 1. The van der Waals surface area contributed by atoms with Gasteiger partial charge in [0.1, 0.15) is 5.65 Å². The van der Waals surface area contributed by atoms with Gasteiger partial charge >= 0.3 is 0 Å². The van der Waals surface area contributed by atoms with E-state index in [-0.39, 0.29) is 0 Å². The Balaban J connectivity index is 1.70. The van der Waals surface area contributed by atoms with Crippen molar-refractivity contribution in [1.29, 1.82) is 0 Å². The van der Waals surface area contributed by atoms with Crippen LogP contribution in [0.2, 0.25) is 0 Å². The van der Waals surface area contributed by atoms with Crippen LogP contribution in [-0.2, 0) is 6.54 Å². The first kappa shape index (κ1) is 23.3. The van der Waals surface area contributed by atoms with Gasteiger partial charge in [0, 0.05) is 52.6 Å². The monoisotopic (exact) mass is 455 g/mol. The van der Waals surface area contributed by atoms with Crippen molar-refractivity contribution in [2.24, 2.45) is 11.5 Å². The van der Waals surface area contributed by atoms with Crippen LogP contribution in [0, 0.1) is 0 Å². The summed E-state index contributed by atoms with van der Waals surface area (Å²) in [5.74, 6) is 0. The average molecular weight is 456 g/mol. The Morgan fingerprint density at radius 3 is 2.88 bits per heavy atom. The third-order valence-corrected chi connectivity index (χ3v) is 6.44. The second kappa shape index (κ2) is 10.4. The zero-order valence-corrected chi connectivity index (χ0v) is 19.7. The number of hydrogen-bond acceptors (Lipinski definition) is 5. The van der Waals surface area contributed by atoms with E-state index in [1.165, 1.54) is 25.6 Å². The summed E-state index contributed by atoms with van der Waals surface area (Å²) in [7, 11) is 0. The van der Waals surface area contributed by atoms with E-state index in [0.717, 1.165) is 57.0 Å². The Morgan fingerprint density at radius 2 is 2.15 bits per heavy atom. The molecule has 7 heteroatoms. The van der Waals surface area contributed by atoms with Gasteiger partial charge in [0.25, 0.3) is 0 Å². The van der Waals surface area contributed by atoms with Crippen LogP contribution in [0.15, 0.2) is 73.4 Å². The summed E-state index contributed by atoms with van der Waals surface area (Å²) in [5, 5.41) is 7.28. The number of rotatable bonds is 8. The second-order valence-corrected chi connectivity index (χ2v) is 8.50. The Bertz CT molecular complexity index is 1370. The molecule has 1 aliphatic heterocycles. The number of nitrogens with zero attached hydrogens (tertiary/aromatic N) is 4. The van der Waals surface area contributed by atoms with Crippen LogP contribution in [0.4, 0.5) is 0 Å². The largest absolute Gasteiger partial charge is 0.404 e. The maximum absolute atomic E-state index is 5.91. The van der Waals surface area contributed by atoms with Crippen molar-refractivity contribution in [1.82, 2.24) is 24.6 Å². The van der Waals surface area contributed by atoms with Gasteiger partial charge in [-0.3, -0.25) is 9.58 Å². The summed E-state index contributed by atoms with van der Waals surface area (Å²) < 4.78 is 2.05. The second-order valence-electron chi connectivity index (χ2n) is 8.50. The van der Waals surface area contributed by atoms with Crippen molar-refractivity contribution in [3.05, 3.63) is 84.0 Å². The lowest BCUT2D eigenvalue weighted by molar-refractivity contribution is 0.238. The minimum absolute atomic E-state index is 0.554. The Kier molecular flexibility index (Phi) is 7.13. The van der Waals surface area contributed by atoms with Crippen LogP contribution in [0.5, 0.6) is 0 Å². The highest BCUT2D eigenvalue weighted by Gasteiger charge is 2.23. The van der Waals surface area contributed by atoms with E-state index in [2.05, 4.69) is 52.3 Å². The smallest absolute Gasteiger partial charge is 0.138 e. The molecule has 34 heavy (non-hydrogen) atoms. The van der Waals surface area contributed by atoms with E-state index >= 15 is 0 Å². The maximum Gasteiger partial charge on any atom is 0.138 e. The lowest BCUT2D eigenvalue weighted by Crippen LogP contribution is -2.32. The SMILES string of the molecule is C=C/C=C\C(=C/N)C(=C)/C=c1\c(=C/N)[nH]c2ncc(-c3cnn(CC4CCCN4CC)c3)cc12. The summed E-state index contributed by atoms with van der Waals surface area (Å²) in [5.41, 5.74) is 16.1. The first-order valence-electron chi connectivity index (χ1n) is 11.7. The number of aromatic nitrogens is 4. The number of allylic oxidation sites excluding steroid dienone is 5. The molecule has 1 aliphatic rings. The molecule has 0 aliphatic carbocycles. The van der Waals surface area contributed by atoms with Crippen LogP contribution in [0.1, 0.15) is 19.8 Å². The normalized spacial score (nSPS) is 18.5. The minimum Gasteiger partial charge on any atom is -0.404 e. The summed E-state index contributed by atoms with van der Waals surface area (Å²) in [6.45, 7) is 13.3. The molecule has 0 saturated carbocycles. The maximum atomic E-state index is 5.91. The lowest BCUT2D eigenvalue weighted by Gasteiger charge is -2.22. The highest BCUT2D eigenvalue weighted by atomic mass is 15.3. The molecular formula is C27H33N7. The van der Waals surface area contributed by atoms with Crippen LogP contribution in [0.25, 0.3) is 34.4 Å². The molecule has 5 N–H and O–H groups in total. The summed E-state index contributed by atoms with van der Waals surface area (Å²) in [6, 6.07) is 2.67. The molecule has 1 unspecified atom stereocenters. The molecule has 0 radical (unpaired) electrons. The van der Waals surface area contributed by atoms with Crippen molar-refractivity contribution in [3.63, 3.8) is 0 Å². The number of nitrogens with one attached hydrogen (secondary N) is 1. The molecule has 0 bridgehead atoms. The number of H-pyrrole nitrogens is 1. The third-order valence-electron chi connectivity index (χ3n) is 6.44. The van der Waals surface area contributed by atoms with Crippen LogP contribution in [-0.4, -0.2) is 43.8 Å². The molecule has 7 nitrogen and oxygen atoms in total. The molecule has 4 heterocycles. The molecule has 4 rings (SSSR count). The number of likely N-dealkylation sites (tertiary alicyclic amines) is 1. The predicted molar refractivity (Wildman–Crippen MR) is 141 cm³/mol. The zero-order chi connectivity index (χ0) is 24.1. The van der Waals surface area contributed by atoms with Crippen molar-refractivity contribution in [2.75, 3.05) is 13.1 Å². The first-order chi connectivity index (χ1) is 16.6. The number of nitrogens with two attached hydrogens (primary N) is 2. The molecule has 176 valence electrons. The van der Waals surface area contributed by atoms with E-state index in [9.17, 15) is 0 Å². The standard InChI is InChI=1S/C27H33N7/c1-4-6-8-20(13-28)19(3)11-24-25-12-21(15-30-27(25)32-26(24)14-29)22-16-31-34(17-22)18-23-9-7-10-33(23)5-2/h4,6,8,11-17,23H,1,3,5,7,9-10,18,28-29H2,2H3,(H,30,32)/b8-6-,20-13+,24-11-,26-14+. The molecule has 0 aromatic carbocycles. The van der Waals surface area contributed by atoms with Gasteiger partial charge in [0.05, 0.1) is 18.1 Å². The van der Waals surface area contributed by atoms with E-state index in [0.29, 0.717) is 6.04 Å². The molecule has 0 spiro atoms. The Hall–Kier alpha value is -3.84. The Morgan fingerprint density at radius 1 is 1.29 bits per heavy atom. The van der Waals surface area contributed by atoms with Crippen LogP contribution >= 0.6 is 0 Å². The van der Waals surface area contributed by atoms with Gasteiger partial charge in [-0.15, -0.1) is 0 Å². The fraction of sp³-hybridized carbons (Fsp3) is 0.259. The van der Waals surface area contributed by atoms with E-state index in [1.54, 1.807) is 12.3 Å². The minimum atomic E-state index is 0.554. The fourth-order valence-electron chi connectivity index (χ4n) is 4.60. The van der Waals surface area contributed by atoms with Gasteiger partial charge < -0.3 is 16.5 Å². The van der Waals surface area contributed by atoms with Crippen LogP contribution < -0.4 is 22.0 Å². The quantitative estimate of drug-likeness (QED) is 0.453. The van der Waals surface area contributed by atoms with Gasteiger partial charge in [0.2, 0.25) is 0 Å². The number of hydrogen-bond donors (Lipinski definition) is 3. The van der Waals surface area contributed by atoms with E-state index in [1.807, 2.05) is 35.3 Å². The summed E-state index contributed by atoms with van der Waals surface area (Å²) >= 11 is 0. The van der Waals surface area contributed by atoms with Gasteiger partial charge in [-0.05, 0) is 49.2 Å². The highest BCUT2D eigenvalue weighted by Crippen LogP contribution is 2.22. The van der Waals surface area contributed by atoms with Gasteiger partial charge in [0.15, 0.2) is 0 Å². The van der Waals surface area contributed by atoms with Gasteiger partial charge in [-0.2, -0.15) is 5.10 Å². The van der Waals surface area contributed by atoms with E-state index in [4.69, 9.17) is 11.5 Å². The first-order valence-corrected chi connectivity index (χ1v) is 11.7. The molecule has 1 fully saturated rings. The third kappa shape index (κ3) is 4.75. The summed E-state index contributed by atoms with van der Waals surface area (Å²) in [6.07, 6.45) is 18.8. The number of fused-ring (bicyclic) bond motifs is 1. The topological polar surface area (TPSA) is 102 Å². The molecular weight excluding hydrogens is 422 g/mol. The lowest BCUT2D eigenvalue weighted by atomic mass is 10.1. The average Bonchev–Trinajstić information content (AvgIpc) is 3.58. The predicted octanol–water partition coefficient (Wildman–Crippen LogP) is 2.53. The van der Waals surface area contributed by atoms with Crippen LogP contribution in [0.3, 0.4) is 0 Å². The number of pyridine rings is 1. The highest BCUT2D eigenvalue weighted by molar-refractivity contribution is 5.84. The van der Waals surface area contributed by atoms with Gasteiger partial charge in [-0.1, -0.05) is 38.3 Å². The summed E-state index contributed by atoms with van der Waals surface area (Å²) in [4.78, 5) is 10.5. The molecule has 1 saturated heterocycles. The van der Waals surface area contributed by atoms with Crippen molar-refractivity contribution < 1.29 is 0 Å². The molecule has 3 aromatic heterocycles. The van der Waals surface area contributed by atoms with Gasteiger partial charge in [-0.25, -0.2) is 4.98 Å².